The molecule has 2 rings (SSSR count). The van der Waals surface area contributed by atoms with E-state index < -0.39 is 24.7 Å². The first-order chi connectivity index (χ1) is 15.7. The minimum Gasteiger partial charge on any atom is -0.491 e. The lowest BCUT2D eigenvalue weighted by Crippen LogP contribution is -2.38. The number of benzene rings is 1. The van der Waals surface area contributed by atoms with Crippen molar-refractivity contribution in [2.75, 3.05) is 31.2 Å². The van der Waals surface area contributed by atoms with Crippen LogP contribution in [-0.2, 0) is 6.42 Å². The maximum absolute atomic E-state index is 12.2. The number of aryl methyl sites for hydroxylation is 1. The number of amides is 1. The van der Waals surface area contributed by atoms with Crippen LogP contribution in [0.3, 0.4) is 0 Å². The minimum absolute atomic E-state index is 0. The molecule has 1 aromatic carbocycles. The molecule has 0 spiro atoms. The molecule has 0 fully saturated rings. The number of hydrogen-bond acceptors (Lipinski definition) is 10. The molecule has 2 atom stereocenters. The van der Waals surface area contributed by atoms with Crippen molar-refractivity contribution in [3.63, 3.8) is 0 Å². The van der Waals surface area contributed by atoms with Crippen molar-refractivity contribution in [1.82, 2.24) is 15.3 Å². The van der Waals surface area contributed by atoms with Crippen molar-refractivity contribution in [1.29, 1.82) is 0 Å². The average Bonchev–Trinajstić information content (AvgIpc) is 2.79. The molecule has 34 heavy (non-hydrogen) atoms. The fourth-order valence-corrected chi connectivity index (χ4v) is 2.76. The van der Waals surface area contributed by atoms with E-state index in [1.54, 1.807) is 12.1 Å². The molecule has 0 aliphatic rings. The van der Waals surface area contributed by atoms with E-state index >= 15 is 0 Å². The van der Waals surface area contributed by atoms with Crippen LogP contribution >= 0.6 is 24.0 Å². The van der Waals surface area contributed by atoms with Gasteiger partial charge in [0.2, 0.25) is 0 Å². The number of unbranched alkanes of at least 4 members (excludes halogenated alkanes) is 1. The number of hydrogen-bond donors (Lipinski definition) is 7. The summed E-state index contributed by atoms with van der Waals surface area (Å²) in [7, 11) is 0. The lowest BCUT2D eigenvalue weighted by atomic mass is 10.1. The Morgan fingerprint density at radius 3 is 2.44 bits per heavy atom. The molecule has 0 saturated heterocycles. The van der Waals surface area contributed by atoms with Crippen LogP contribution in [0.2, 0.25) is 5.15 Å². The Hall–Kier alpha value is -2.90. The van der Waals surface area contributed by atoms with Gasteiger partial charge in [-0.3, -0.25) is 15.1 Å². The molecule has 1 amide bonds. The number of rotatable bonds is 11. The molecule has 12 nitrogen and oxygen atoms in total. The van der Waals surface area contributed by atoms with Gasteiger partial charge < -0.3 is 37.3 Å². The van der Waals surface area contributed by atoms with Crippen molar-refractivity contribution < 1.29 is 24.9 Å². The molecule has 2 unspecified atom stereocenters. The van der Waals surface area contributed by atoms with Crippen LogP contribution < -0.4 is 27.3 Å². The predicted octanol–water partition coefficient (Wildman–Crippen LogP) is -0.123. The number of nitrogens with one attached hydrogen (secondary N) is 1. The van der Waals surface area contributed by atoms with Crippen molar-refractivity contribution in [3.05, 3.63) is 40.7 Å². The largest absolute Gasteiger partial charge is 0.491 e. The number of halogens is 2. The molecule has 188 valence electrons. The topological polar surface area (TPSA) is 215 Å². The summed E-state index contributed by atoms with van der Waals surface area (Å²) in [5.41, 5.74) is 17.7. The molecule has 14 heteroatoms. The van der Waals surface area contributed by atoms with Crippen LogP contribution in [0.1, 0.15) is 28.9 Å². The van der Waals surface area contributed by atoms with Gasteiger partial charge in [-0.15, -0.1) is 12.4 Å². The highest BCUT2D eigenvalue weighted by Gasteiger charge is 2.17. The molecule has 1 aromatic heterocycles. The summed E-state index contributed by atoms with van der Waals surface area (Å²) in [6.07, 6.45) is -0.0443. The zero-order valence-corrected chi connectivity index (χ0v) is 19.8. The summed E-state index contributed by atoms with van der Waals surface area (Å²) in [4.78, 5) is 23.8. The molecule has 0 bridgehead atoms. The summed E-state index contributed by atoms with van der Waals surface area (Å²) >= 11 is 5.76. The lowest BCUT2D eigenvalue weighted by Gasteiger charge is -2.16. The monoisotopic (exact) mass is 517 g/mol. The summed E-state index contributed by atoms with van der Waals surface area (Å²) in [6.45, 7) is -0.254. The van der Waals surface area contributed by atoms with Crippen molar-refractivity contribution in [3.8, 4) is 5.75 Å². The van der Waals surface area contributed by atoms with Crippen LogP contribution in [0.4, 0.5) is 11.6 Å². The number of aromatic nitrogens is 2. The standard InChI is InChI=1S/C20H28ClN7O5.ClH/c21-16-18(23)27-17(22)15(26-16)19(32)28-20(24)25-8-2-1-3-11-4-6-12(7-5-11)33-10-14(31)13(30)9-29;/h4-7,13-14,29-31H,1-3,8-10H2,(H4,22,23,27)(H3,24,25,28,32);1H. The van der Waals surface area contributed by atoms with Gasteiger partial charge in [-0.1, -0.05) is 23.7 Å². The molecule has 2 aromatic rings. The quantitative estimate of drug-likeness (QED) is 0.119. The summed E-state index contributed by atoms with van der Waals surface area (Å²) in [6, 6.07) is 7.31. The van der Waals surface area contributed by atoms with Crippen LogP contribution in [0.15, 0.2) is 29.3 Å². The normalized spacial score (nSPS) is 13.0. The maximum atomic E-state index is 12.2. The third kappa shape index (κ3) is 9.15. The van der Waals surface area contributed by atoms with Crippen LogP contribution in [0.25, 0.3) is 0 Å². The second kappa shape index (κ2) is 14.4. The van der Waals surface area contributed by atoms with E-state index in [-0.39, 0.29) is 47.5 Å². The number of nitrogens with zero attached hydrogens (tertiary/aromatic N) is 3. The van der Waals surface area contributed by atoms with Gasteiger partial charge >= 0.3 is 0 Å². The third-order valence-corrected chi connectivity index (χ3v) is 4.77. The number of aliphatic hydroxyl groups excluding tert-OH is 3. The Balaban J connectivity index is 0.00000578. The zero-order chi connectivity index (χ0) is 24.4. The number of guanidine groups is 1. The summed E-state index contributed by atoms with van der Waals surface area (Å²) < 4.78 is 5.38. The average molecular weight is 518 g/mol. The van der Waals surface area contributed by atoms with Gasteiger partial charge in [0.05, 0.1) is 6.61 Å². The van der Waals surface area contributed by atoms with E-state index in [0.717, 1.165) is 24.8 Å². The van der Waals surface area contributed by atoms with Crippen LogP contribution in [-0.4, -0.2) is 69.1 Å². The first-order valence-electron chi connectivity index (χ1n) is 10.1. The summed E-state index contributed by atoms with van der Waals surface area (Å²) in [5, 5.41) is 29.9. The van der Waals surface area contributed by atoms with E-state index in [2.05, 4.69) is 20.3 Å². The van der Waals surface area contributed by atoms with Gasteiger partial charge in [0, 0.05) is 6.54 Å². The Morgan fingerprint density at radius 1 is 1.12 bits per heavy atom. The highest BCUT2D eigenvalue weighted by atomic mass is 35.5. The second-order valence-electron chi connectivity index (χ2n) is 7.08. The maximum Gasteiger partial charge on any atom is 0.280 e. The zero-order valence-electron chi connectivity index (χ0n) is 18.2. The molecule has 0 saturated carbocycles. The summed E-state index contributed by atoms with van der Waals surface area (Å²) in [5.74, 6) is -0.472. The number of anilines is 2. The Kier molecular flexibility index (Phi) is 12.3. The molecular weight excluding hydrogens is 489 g/mol. The first-order valence-corrected chi connectivity index (χ1v) is 10.5. The number of aliphatic imine (C=N–C) groups is 1. The van der Waals surface area contributed by atoms with Crippen LogP contribution in [0, 0.1) is 0 Å². The highest BCUT2D eigenvalue weighted by Crippen LogP contribution is 2.17. The van der Waals surface area contributed by atoms with E-state index in [9.17, 15) is 15.0 Å². The highest BCUT2D eigenvalue weighted by molar-refractivity contribution is 6.31. The van der Waals surface area contributed by atoms with E-state index in [1.165, 1.54) is 0 Å². The van der Waals surface area contributed by atoms with Gasteiger partial charge in [0.15, 0.2) is 28.4 Å². The fraction of sp³-hybridized carbons (Fsp3) is 0.400. The number of carbonyl (C=O) groups is 1. The first kappa shape index (κ1) is 29.1. The van der Waals surface area contributed by atoms with Crippen molar-refractivity contribution in [2.24, 2.45) is 10.7 Å². The minimum atomic E-state index is -1.24. The van der Waals surface area contributed by atoms with E-state index in [0.29, 0.717) is 12.3 Å². The predicted molar refractivity (Wildman–Crippen MR) is 131 cm³/mol. The van der Waals surface area contributed by atoms with Gasteiger partial charge in [0.25, 0.3) is 5.91 Å². The Labute approximate surface area is 207 Å². The molecule has 1 heterocycles. The second-order valence-corrected chi connectivity index (χ2v) is 7.44. The van der Waals surface area contributed by atoms with E-state index in [1.807, 2.05) is 12.1 Å². The van der Waals surface area contributed by atoms with Gasteiger partial charge in [-0.25, -0.2) is 9.97 Å². The van der Waals surface area contributed by atoms with Crippen LogP contribution in [0.5, 0.6) is 5.75 Å². The smallest absolute Gasteiger partial charge is 0.280 e. The van der Waals surface area contributed by atoms with Crippen molar-refractivity contribution >= 4 is 47.5 Å². The molecule has 0 aliphatic heterocycles. The van der Waals surface area contributed by atoms with Gasteiger partial charge in [0.1, 0.15) is 24.6 Å². The molecular formula is C20H29Cl2N7O5. The SMILES string of the molecule is Cl.NC(=NCCCCc1ccc(OCC(O)C(O)CO)cc1)NC(=O)c1nc(Cl)c(N)nc1N. The third-order valence-electron chi connectivity index (χ3n) is 4.49. The van der Waals surface area contributed by atoms with Gasteiger partial charge in [-0.2, -0.15) is 0 Å². The fourth-order valence-electron chi connectivity index (χ4n) is 2.63. The number of carbonyl (C=O) groups excluding carboxylic acids is 1. The lowest BCUT2D eigenvalue weighted by molar-refractivity contribution is -0.0339. The number of nitrogen functional groups attached to an aromatic ring is 2. The number of nitrogens with two attached hydrogens (primary N) is 3. The molecule has 0 radical (unpaired) electrons. The number of aliphatic hydroxyl groups is 3. The van der Waals surface area contributed by atoms with E-state index in [4.69, 9.17) is 38.6 Å². The van der Waals surface area contributed by atoms with Gasteiger partial charge in [-0.05, 0) is 37.0 Å². The molecule has 10 N–H and O–H groups in total. The van der Waals surface area contributed by atoms with Crippen molar-refractivity contribution in [2.45, 2.75) is 31.5 Å². The number of ether oxygens (including phenoxy) is 1. The molecule has 0 aliphatic carbocycles. The Morgan fingerprint density at radius 2 is 1.79 bits per heavy atom. The Bertz CT molecular complexity index is 963.